The van der Waals surface area contributed by atoms with E-state index in [1.54, 1.807) is 0 Å². The average molecular weight is 288 g/mol. The molecule has 1 saturated heterocycles. The standard InChI is InChI=1S/C18H28N2O/c1-6-16-18(21)20(11-14(5)12(2)3)17(19-16)15-9-7-8-13(4)10-15/h7-10,12,14,16-17,19H,6,11H2,1-5H3. The van der Waals surface area contributed by atoms with Gasteiger partial charge in [-0.25, -0.2) is 0 Å². The number of rotatable bonds is 5. The Morgan fingerprint density at radius 3 is 2.57 bits per heavy atom. The first-order chi connectivity index (χ1) is 9.93. The predicted molar refractivity (Wildman–Crippen MR) is 86.8 cm³/mol. The maximum absolute atomic E-state index is 12.6. The summed E-state index contributed by atoms with van der Waals surface area (Å²) in [6.07, 6.45) is 0.858. The lowest BCUT2D eigenvalue weighted by atomic mass is 9.97. The second kappa shape index (κ2) is 6.61. The van der Waals surface area contributed by atoms with Crippen LogP contribution in [0.4, 0.5) is 0 Å². The van der Waals surface area contributed by atoms with Crippen LogP contribution in [0.1, 0.15) is 51.4 Å². The molecule has 0 spiro atoms. The molecule has 1 aromatic rings. The van der Waals surface area contributed by atoms with Gasteiger partial charge in [-0.1, -0.05) is 57.5 Å². The van der Waals surface area contributed by atoms with Gasteiger partial charge in [-0.2, -0.15) is 0 Å². The minimum absolute atomic E-state index is 0.0172. The fourth-order valence-corrected chi connectivity index (χ4v) is 2.80. The summed E-state index contributed by atoms with van der Waals surface area (Å²) in [7, 11) is 0. The zero-order valence-electron chi connectivity index (χ0n) is 13.9. The van der Waals surface area contributed by atoms with Crippen molar-refractivity contribution in [3.63, 3.8) is 0 Å². The van der Waals surface area contributed by atoms with Crippen molar-refractivity contribution in [1.82, 2.24) is 10.2 Å². The quantitative estimate of drug-likeness (QED) is 0.899. The second-order valence-electron chi connectivity index (χ2n) is 6.66. The topological polar surface area (TPSA) is 32.3 Å². The van der Waals surface area contributed by atoms with Crippen LogP contribution in [0.2, 0.25) is 0 Å². The van der Waals surface area contributed by atoms with Crippen LogP contribution in [0.15, 0.2) is 24.3 Å². The third kappa shape index (κ3) is 3.46. The van der Waals surface area contributed by atoms with E-state index < -0.39 is 0 Å². The van der Waals surface area contributed by atoms with Gasteiger partial charge in [0.15, 0.2) is 0 Å². The van der Waals surface area contributed by atoms with E-state index in [1.807, 2.05) is 4.90 Å². The summed E-state index contributed by atoms with van der Waals surface area (Å²) in [4.78, 5) is 14.7. The number of aryl methyl sites for hydroxylation is 1. The van der Waals surface area contributed by atoms with Gasteiger partial charge in [-0.15, -0.1) is 0 Å². The van der Waals surface area contributed by atoms with Crippen LogP contribution in [-0.4, -0.2) is 23.4 Å². The van der Waals surface area contributed by atoms with Crippen molar-refractivity contribution in [3.8, 4) is 0 Å². The van der Waals surface area contributed by atoms with Crippen LogP contribution in [0.5, 0.6) is 0 Å². The molecule has 21 heavy (non-hydrogen) atoms. The minimum Gasteiger partial charge on any atom is -0.321 e. The SMILES string of the molecule is CCC1NC(c2cccc(C)c2)N(CC(C)C(C)C)C1=O. The molecule has 0 bridgehead atoms. The Kier molecular flexibility index (Phi) is 5.04. The summed E-state index contributed by atoms with van der Waals surface area (Å²) < 4.78 is 0. The number of hydrogen-bond donors (Lipinski definition) is 1. The van der Waals surface area contributed by atoms with Gasteiger partial charge < -0.3 is 4.90 Å². The molecule has 0 aromatic heterocycles. The van der Waals surface area contributed by atoms with Crippen molar-refractivity contribution in [1.29, 1.82) is 0 Å². The molecule has 1 aromatic carbocycles. The Bertz CT molecular complexity index is 498. The fourth-order valence-electron chi connectivity index (χ4n) is 2.80. The molecule has 1 aliphatic rings. The highest BCUT2D eigenvalue weighted by atomic mass is 16.2. The highest BCUT2D eigenvalue weighted by Gasteiger charge is 2.39. The van der Waals surface area contributed by atoms with E-state index in [0.717, 1.165) is 13.0 Å². The zero-order valence-corrected chi connectivity index (χ0v) is 13.9. The van der Waals surface area contributed by atoms with E-state index in [9.17, 15) is 4.79 Å². The molecule has 3 heteroatoms. The smallest absolute Gasteiger partial charge is 0.241 e. The second-order valence-corrected chi connectivity index (χ2v) is 6.66. The molecule has 1 heterocycles. The average Bonchev–Trinajstić information content (AvgIpc) is 2.75. The highest BCUT2D eigenvalue weighted by Crippen LogP contribution is 2.29. The minimum atomic E-state index is -0.0464. The van der Waals surface area contributed by atoms with Gasteiger partial charge in [0.1, 0.15) is 6.17 Å². The molecule has 116 valence electrons. The van der Waals surface area contributed by atoms with Gasteiger partial charge in [-0.05, 0) is 30.7 Å². The molecule has 0 aliphatic carbocycles. The Balaban J connectivity index is 2.26. The number of hydrogen-bond acceptors (Lipinski definition) is 2. The van der Waals surface area contributed by atoms with E-state index in [-0.39, 0.29) is 18.1 Å². The molecule has 3 atom stereocenters. The van der Waals surface area contributed by atoms with Crippen LogP contribution >= 0.6 is 0 Å². The lowest BCUT2D eigenvalue weighted by Crippen LogP contribution is -2.36. The van der Waals surface area contributed by atoms with Gasteiger partial charge in [-0.3, -0.25) is 10.1 Å². The maximum atomic E-state index is 12.6. The summed E-state index contributed by atoms with van der Waals surface area (Å²) >= 11 is 0. The van der Waals surface area contributed by atoms with Crippen LogP contribution in [-0.2, 0) is 4.79 Å². The van der Waals surface area contributed by atoms with Crippen molar-refractivity contribution < 1.29 is 4.79 Å². The summed E-state index contributed by atoms with van der Waals surface area (Å²) in [6.45, 7) is 11.6. The molecule has 1 fully saturated rings. The monoisotopic (exact) mass is 288 g/mol. The molecule has 2 rings (SSSR count). The number of carbonyl (C=O) groups is 1. The summed E-state index contributed by atoms with van der Waals surface area (Å²) in [5.74, 6) is 1.33. The Morgan fingerprint density at radius 2 is 2.00 bits per heavy atom. The van der Waals surface area contributed by atoms with Crippen molar-refractivity contribution in [2.75, 3.05) is 6.54 Å². The highest BCUT2D eigenvalue weighted by molar-refractivity contribution is 5.84. The first-order valence-electron chi connectivity index (χ1n) is 8.07. The molecule has 0 radical (unpaired) electrons. The normalized spacial score (nSPS) is 23.9. The lowest BCUT2D eigenvalue weighted by Gasteiger charge is -2.29. The molecule has 0 saturated carbocycles. The van der Waals surface area contributed by atoms with Gasteiger partial charge >= 0.3 is 0 Å². The van der Waals surface area contributed by atoms with Crippen molar-refractivity contribution in [2.45, 2.75) is 53.2 Å². The summed E-state index contributed by atoms with van der Waals surface area (Å²) in [5, 5.41) is 3.50. The van der Waals surface area contributed by atoms with Gasteiger partial charge in [0.25, 0.3) is 0 Å². The summed E-state index contributed by atoms with van der Waals surface area (Å²) in [5.41, 5.74) is 2.42. The Morgan fingerprint density at radius 1 is 1.29 bits per heavy atom. The van der Waals surface area contributed by atoms with E-state index in [2.05, 4.69) is 64.2 Å². The molecule has 1 amide bonds. The van der Waals surface area contributed by atoms with E-state index in [4.69, 9.17) is 0 Å². The lowest BCUT2D eigenvalue weighted by molar-refractivity contribution is -0.130. The van der Waals surface area contributed by atoms with E-state index in [0.29, 0.717) is 11.8 Å². The van der Waals surface area contributed by atoms with Crippen LogP contribution in [0.3, 0.4) is 0 Å². The Labute approximate surface area is 128 Å². The fraction of sp³-hybridized carbons (Fsp3) is 0.611. The van der Waals surface area contributed by atoms with Crippen molar-refractivity contribution in [3.05, 3.63) is 35.4 Å². The molecule has 3 unspecified atom stereocenters. The maximum Gasteiger partial charge on any atom is 0.241 e. The van der Waals surface area contributed by atoms with Gasteiger partial charge in [0, 0.05) is 6.54 Å². The first-order valence-corrected chi connectivity index (χ1v) is 8.07. The predicted octanol–water partition coefficient (Wildman–Crippen LogP) is 3.50. The number of nitrogens with zero attached hydrogens (tertiary/aromatic N) is 1. The van der Waals surface area contributed by atoms with Crippen molar-refractivity contribution in [2.24, 2.45) is 11.8 Å². The number of carbonyl (C=O) groups excluding carboxylic acids is 1. The first kappa shape index (κ1) is 16.0. The van der Waals surface area contributed by atoms with E-state index in [1.165, 1.54) is 11.1 Å². The molecule has 1 aliphatic heterocycles. The van der Waals surface area contributed by atoms with Crippen LogP contribution < -0.4 is 5.32 Å². The van der Waals surface area contributed by atoms with Crippen LogP contribution in [0, 0.1) is 18.8 Å². The zero-order chi connectivity index (χ0) is 15.6. The third-order valence-electron chi connectivity index (χ3n) is 4.64. The van der Waals surface area contributed by atoms with Crippen LogP contribution in [0.25, 0.3) is 0 Å². The largest absolute Gasteiger partial charge is 0.321 e. The van der Waals surface area contributed by atoms with Gasteiger partial charge in [0.2, 0.25) is 5.91 Å². The van der Waals surface area contributed by atoms with E-state index >= 15 is 0 Å². The van der Waals surface area contributed by atoms with Gasteiger partial charge in [0.05, 0.1) is 6.04 Å². The summed E-state index contributed by atoms with van der Waals surface area (Å²) in [6, 6.07) is 8.41. The molecular formula is C18H28N2O. The molecular weight excluding hydrogens is 260 g/mol. The number of amides is 1. The number of benzene rings is 1. The van der Waals surface area contributed by atoms with Crippen molar-refractivity contribution >= 4 is 5.91 Å². The Hall–Kier alpha value is -1.35. The third-order valence-corrected chi connectivity index (χ3v) is 4.64. The molecule has 1 N–H and O–H groups in total. The number of nitrogens with one attached hydrogen (secondary N) is 1. The molecule has 3 nitrogen and oxygen atoms in total.